The molecule has 166 valence electrons. The van der Waals surface area contributed by atoms with E-state index in [0.29, 0.717) is 29.5 Å². The molecule has 2 N–H and O–H groups in total. The quantitative estimate of drug-likeness (QED) is 0.505. The number of rotatable bonds is 3. The third-order valence-corrected chi connectivity index (χ3v) is 5.78. The molecule has 1 fully saturated rings. The van der Waals surface area contributed by atoms with Crippen LogP contribution in [0, 0.1) is 0 Å². The van der Waals surface area contributed by atoms with E-state index in [1.54, 1.807) is 18.5 Å². The summed E-state index contributed by atoms with van der Waals surface area (Å²) < 4.78 is 41.1. The second-order valence-electron chi connectivity index (χ2n) is 8.00. The number of aromatic amines is 1. The average molecular weight is 442 g/mol. The van der Waals surface area contributed by atoms with Crippen LogP contribution in [-0.2, 0) is 6.18 Å². The number of piperazine rings is 1. The minimum atomic E-state index is -4.44. The zero-order valence-corrected chi connectivity index (χ0v) is 17.4. The van der Waals surface area contributed by atoms with Crippen LogP contribution in [0.5, 0.6) is 0 Å². The highest BCUT2D eigenvalue weighted by atomic mass is 19.4. The average Bonchev–Trinajstić information content (AvgIpc) is 3.44. The molecule has 4 aromatic heterocycles. The van der Waals surface area contributed by atoms with Crippen molar-refractivity contribution in [2.24, 2.45) is 0 Å². The molecule has 0 amide bonds. The molecule has 0 spiro atoms. The molecular formula is C21H21F3N8. The molecule has 1 aliphatic rings. The highest BCUT2D eigenvalue weighted by Crippen LogP contribution is 2.32. The molecule has 1 aliphatic heterocycles. The van der Waals surface area contributed by atoms with Crippen LogP contribution in [0.4, 0.5) is 19.1 Å². The smallest absolute Gasteiger partial charge is 0.335 e. The van der Waals surface area contributed by atoms with Crippen molar-refractivity contribution < 1.29 is 13.2 Å². The molecule has 8 nitrogen and oxygen atoms in total. The number of hydrogen-bond acceptors (Lipinski definition) is 6. The second kappa shape index (κ2) is 7.59. The van der Waals surface area contributed by atoms with Gasteiger partial charge in [0.15, 0.2) is 0 Å². The first-order valence-corrected chi connectivity index (χ1v) is 10.2. The lowest BCUT2D eigenvalue weighted by Gasteiger charge is -2.43. The van der Waals surface area contributed by atoms with Crippen LogP contribution in [0.15, 0.2) is 49.2 Å². The van der Waals surface area contributed by atoms with Gasteiger partial charge in [0.2, 0.25) is 5.95 Å². The summed E-state index contributed by atoms with van der Waals surface area (Å²) in [5.41, 5.74) is 1.67. The first kappa shape index (κ1) is 20.4. The molecule has 3 unspecified atom stereocenters. The van der Waals surface area contributed by atoms with Crippen LogP contribution < -0.4 is 10.2 Å². The third-order valence-electron chi connectivity index (χ3n) is 5.78. The Kier molecular flexibility index (Phi) is 4.85. The Morgan fingerprint density at radius 2 is 1.94 bits per heavy atom. The zero-order valence-electron chi connectivity index (χ0n) is 17.4. The number of pyridine rings is 1. The number of H-pyrrole nitrogens is 1. The van der Waals surface area contributed by atoms with E-state index in [0.717, 1.165) is 17.8 Å². The van der Waals surface area contributed by atoms with E-state index in [2.05, 4.69) is 44.2 Å². The van der Waals surface area contributed by atoms with Gasteiger partial charge in [0.1, 0.15) is 5.65 Å². The summed E-state index contributed by atoms with van der Waals surface area (Å²) >= 11 is 0. The molecule has 4 aromatic rings. The number of aromatic nitrogens is 6. The zero-order chi connectivity index (χ0) is 22.5. The lowest BCUT2D eigenvalue weighted by molar-refractivity contribution is -0.137. The van der Waals surface area contributed by atoms with Crippen molar-refractivity contribution in [3.8, 4) is 11.4 Å². The van der Waals surface area contributed by atoms with Crippen molar-refractivity contribution in [2.75, 3.05) is 11.4 Å². The Hall–Kier alpha value is -3.47. The van der Waals surface area contributed by atoms with Gasteiger partial charge in [0.05, 0.1) is 35.4 Å². The van der Waals surface area contributed by atoms with Crippen LogP contribution in [0.25, 0.3) is 17.0 Å². The number of anilines is 1. The summed E-state index contributed by atoms with van der Waals surface area (Å²) in [5.74, 6) is 0.513. The first-order valence-electron chi connectivity index (χ1n) is 10.2. The number of hydrogen-bond donors (Lipinski definition) is 2. The summed E-state index contributed by atoms with van der Waals surface area (Å²) in [5, 5.41) is 10.5. The number of imidazole rings is 1. The van der Waals surface area contributed by atoms with Gasteiger partial charge < -0.3 is 10.2 Å². The highest BCUT2D eigenvalue weighted by molar-refractivity contribution is 5.61. The molecular weight excluding hydrogens is 421 g/mol. The largest absolute Gasteiger partial charge is 0.417 e. The maximum Gasteiger partial charge on any atom is 0.417 e. The number of nitrogens with zero attached hydrogens (tertiary/aromatic N) is 6. The molecule has 3 atom stereocenters. The van der Waals surface area contributed by atoms with Crippen LogP contribution >= 0.6 is 0 Å². The SMILES string of the molecule is CC1CN(c2nccc(-c3cnc4ccc(C(F)(F)F)cn34)n2)C(C)C(c2cn[nH]c2)N1. The molecule has 32 heavy (non-hydrogen) atoms. The number of alkyl halides is 3. The Labute approximate surface area is 181 Å². The van der Waals surface area contributed by atoms with E-state index in [-0.39, 0.29) is 18.1 Å². The van der Waals surface area contributed by atoms with Crippen LogP contribution in [0.1, 0.15) is 31.0 Å². The summed E-state index contributed by atoms with van der Waals surface area (Å²) in [6.07, 6.45) is 3.40. The standard InChI is InChI=1S/C21H21F3N8/c1-12-10-31(13(2)19(29-12)14-7-27-28-8-14)20-25-6-5-16(30-20)17-9-26-18-4-3-15(11-32(17)18)21(22,23)24/h3-9,11-13,19,29H,10H2,1-2H3,(H,27,28). The van der Waals surface area contributed by atoms with Crippen molar-refractivity contribution in [3.05, 3.63) is 60.3 Å². The van der Waals surface area contributed by atoms with E-state index in [1.165, 1.54) is 16.7 Å². The van der Waals surface area contributed by atoms with E-state index >= 15 is 0 Å². The third kappa shape index (κ3) is 3.58. The molecule has 0 radical (unpaired) electrons. The van der Waals surface area contributed by atoms with Gasteiger partial charge in [-0.3, -0.25) is 9.50 Å². The molecule has 1 saturated heterocycles. The molecule has 0 aromatic carbocycles. The summed E-state index contributed by atoms with van der Waals surface area (Å²) in [6.45, 7) is 4.85. The maximum atomic E-state index is 13.2. The van der Waals surface area contributed by atoms with E-state index in [9.17, 15) is 13.2 Å². The fourth-order valence-electron chi connectivity index (χ4n) is 4.18. The Bertz CT molecular complexity index is 1230. The van der Waals surface area contributed by atoms with Crippen LogP contribution in [-0.4, -0.2) is 48.2 Å². The van der Waals surface area contributed by atoms with Crippen LogP contribution in [0.2, 0.25) is 0 Å². The van der Waals surface area contributed by atoms with E-state index < -0.39 is 11.7 Å². The highest BCUT2D eigenvalue weighted by Gasteiger charge is 2.34. The first-order chi connectivity index (χ1) is 15.3. The van der Waals surface area contributed by atoms with E-state index in [4.69, 9.17) is 4.98 Å². The van der Waals surface area contributed by atoms with Crippen molar-refractivity contribution in [1.82, 2.24) is 34.9 Å². The minimum Gasteiger partial charge on any atom is -0.335 e. The predicted octanol–water partition coefficient (Wildman–Crippen LogP) is 3.46. The number of halogens is 3. The summed E-state index contributed by atoms with van der Waals surface area (Å²) in [4.78, 5) is 15.5. The topological polar surface area (TPSA) is 87.0 Å². The number of fused-ring (bicyclic) bond motifs is 1. The van der Waals surface area contributed by atoms with Gasteiger partial charge in [0.25, 0.3) is 0 Å². The molecule has 5 heterocycles. The van der Waals surface area contributed by atoms with Gasteiger partial charge in [0, 0.05) is 42.8 Å². The maximum absolute atomic E-state index is 13.2. The molecule has 0 bridgehead atoms. The Morgan fingerprint density at radius 3 is 2.69 bits per heavy atom. The number of nitrogens with one attached hydrogen (secondary N) is 2. The van der Waals surface area contributed by atoms with Gasteiger partial charge in [-0.2, -0.15) is 18.3 Å². The van der Waals surface area contributed by atoms with Crippen LogP contribution in [0.3, 0.4) is 0 Å². The van der Waals surface area contributed by atoms with Crippen molar-refractivity contribution in [1.29, 1.82) is 0 Å². The molecule has 11 heteroatoms. The normalized spacial score (nSPS) is 21.9. The summed E-state index contributed by atoms with van der Waals surface area (Å²) in [6, 6.07) is 4.27. The molecule has 5 rings (SSSR count). The molecule has 0 saturated carbocycles. The van der Waals surface area contributed by atoms with Crippen molar-refractivity contribution in [3.63, 3.8) is 0 Å². The lowest BCUT2D eigenvalue weighted by atomic mass is 9.97. The van der Waals surface area contributed by atoms with Gasteiger partial charge in [-0.15, -0.1) is 0 Å². The monoisotopic (exact) mass is 442 g/mol. The van der Waals surface area contributed by atoms with Crippen molar-refractivity contribution >= 4 is 11.6 Å². The van der Waals surface area contributed by atoms with Gasteiger partial charge >= 0.3 is 6.18 Å². The Balaban J connectivity index is 1.52. The second-order valence-corrected chi connectivity index (χ2v) is 8.00. The van der Waals surface area contributed by atoms with Crippen molar-refractivity contribution in [2.45, 2.75) is 38.1 Å². The minimum absolute atomic E-state index is 0.0231. The van der Waals surface area contributed by atoms with Gasteiger partial charge in [-0.25, -0.2) is 15.0 Å². The van der Waals surface area contributed by atoms with Gasteiger partial charge in [-0.1, -0.05) is 0 Å². The molecule has 0 aliphatic carbocycles. The predicted molar refractivity (Wildman–Crippen MR) is 112 cm³/mol. The summed E-state index contributed by atoms with van der Waals surface area (Å²) in [7, 11) is 0. The fourth-order valence-corrected chi connectivity index (χ4v) is 4.18. The Morgan fingerprint density at radius 1 is 1.09 bits per heavy atom. The lowest BCUT2D eigenvalue weighted by Crippen LogP contribution is -2.56. The van der Waals surface area contributed by atoms with E-state index in [1.807, 2.05) is 6.20 Å². The van der Waals surface area contributed by atoms with Gasteiger partial charge in [-0.05, 0) is 32.0 Å². The fraction of sp³-hybridized carbons (Fsp3) is 0.333.